The fourth-order valence-corrected chi connectivity index (χ4v) is 2.20. The van der Waals surface area contributed by atoms with E-state index >= 15 is 0 Å². The molecular formula is C19H21NO. The van der Waals surface area contributed by atoms with E-state index in [1.165, 1.54) is 11.1 Å². The van der Waals surface area contributed by atoms with Crippen LogP contribution in [-0.4, -0.2) is 5.78 Å². The van der Waals surface area contributed by atoms with Gasteiger partial charge in [-0.1, -0.05) is 47.5 Å². The van der Waals surface area contributed by atoms with E-state index in [1.807, 2.05) is 44.2 Å². The van der Waals surface area contributed by atoms with Gasteiger partial charge in [-0.05, 0) is 39.3 Å². The number of allylic oxidation sites excluding steroid dienone is 2. The summed E-state index contributed by atoms with van der Waals surface area (Å²) in [4.78, 5) is 12.2. The quantitative estimate of drug-likeness (QED) is 0.642. The van der Waals surface area contributed by atoms with E-state index in [-0.39, 0.29) is 5.78 Å². The van der Waals surface area contributed by atoms with Crippen molar-refractivity contribution >= 4 is 11.5 Å². The summed E-state index contributed by atoms with van der Waals surface area (Å²) in [5, 5.41) is 3.29. The van der Waals surface area contributed by atoms with E-state index in [2.05, 4.69) is 31.3 Å². The molecule has 108 valence electrons. The van der Waals surface area contributed by atoms with E-state index in [0.29, 0.717) is 5.56 Å². The van der Waals surface area contributed by atoms with Crippen LogP contribution >= 0.6 is 0 Å². The lowest BCUT2D eigenvalue weighted by atomic mass is 10.1. The maximum Gasteiger partial charge on any atom is 0.187 e. The summed E-state index contributed by atoms with van der Waals surface area (Å²) in [5.41, 5.74) is 6.14. The van der Waals surface area contributed by atoms with Crippen LogP contribution < -0.4 is 5.32 Å². The molecule has 0 heterocycles. The monoisotopic (exact) mass is 279 g/mol. The van der Waals surface area contributed by atoms with Crippen LogP contribution in [0.3, 0.4) is 0 Å². The molecule has 2 aromatic rings. The molecule has 0 unspecified atom stereocenters. The molecule has 2 heteroatoms. The third-order valence-corrected chi connectivity index (χ3v) is 3.40. The minimum atomic E-state index is 0.0183. The normalized spacial score (nSPS) is 11.3. The van der Waals surface area contributed by atoms with Crippen LogP contribution in [0.15, 0.2) is 54.2 Å². The number of carbonyl (C=O) groups is 1. The number of rotatable bonds is 4. The lowest BCUT2D eigenvalue weighted by molar-refractivity contribution is 0.104. The molecule has 0 aromatic heterocycles. The fraction of sp³-hybridized carbons (Fsp3) is 0.211. The Morgan fingerprint density at radius 3 is 2.19 bits per heavy atom. The Labute approximate surface area is 126 Å². The molecule has 2 nitrogen and oxygen atoms in total. The Morgan fingerprint density at radius 1 is 0.952 bits per heavy atom. The lowest BCUT2D eigenvalue weighted by Gasteiger charge is -2.10. The van der Waals surface area contributed by atoms with Crippen LogP contribution in [0.25, 0.3) is 0 Å². The molecule has 0 aliphatic heterocycles. The molecule has 2 rings (SSSR count). The Morgan fingerprint density at radius 2 is 1.57 bits per heavy atom. The molecule has 2 aromatic carbocycles. The second-order valence-corrected chi connectivity index (χ2v) is 5.50. The molecule has 0 spiro atoms. The first-order chi connectivity index (χ1) is 9.95. The van der Waals surface area contributed by atoms with Crippen LogP contribution in [0.2, 0.25) is 0 Å². The highest BCUT2D eigenvalue weighted by Gasteiger charge is 2.04. The van der Waals surface area contributed by atoms with Crippen molar-refractivity contribution in [3.63, 3.8) is 0 Å². The standard InChI is InChI=1S/C19H21NO/c1-13-5-8-17(9-6-13)19(21)12-16(4)20-18-10-7-14(2)11-15(18)3/h5-12,20H,1-4H3/b16-12+. The molecule has 0 atom stereocenters. The van der Waals surface area contributed by atoms with Gasteiger partial charge in [-0.3, -0.25) is 4.79 Å². The van der Waals surface area contributed by atoms with Crippen LogP contribution in [-0.2, 0) is 0 Å². The van der Waals surface area contributed by atoms with Crippen molar-refractivity contribution in [2.75, 3.05) is 5.32 Å². The van der Waals surface area contributed by atoms with Crippen molar-refractivity contribution in [1.29, 1.82) is 0 Å². The van der Waals surface area contributed by atoms with Gasteiger partial charge in [0.05, 0.1) is 0 Å². The van der Waals surface area contributed by atoms with Gasteiger partial charge in [-0.15, -0.1) is 0 Å². The number of ketones is 1. The molecule has 21 heavy (non-hydrogen) atoms. The molecular weight excluding hydrogens is 258 g/mol. The zero-order valence-electron chi connectivity index (χ0n) is 13.0. The molecule has 0 bridgehead atoms. The molecule has 0 saturated heterocycles. The molecule has 0 radical (unpaired) electrons. The third kappa shape index (κ3) is 4.06. The molecule has 0 aliphatic carbocycles. The van der Waals surface area contributed by atoms with Crippen molar-refractivity contribution in [3.8, 4) is 0 Å². The van der Waals surface area contributed by atoms with Gasteiger partial charge < -0.3 is 5.32 Å². The summed E-state index contributed by atoms with van der Waals surface area (Å²) < 4.78 is 0. The summed E-state index contributed by atoms with van der Waals surface area (Å²) in [6.07, 6.45) is 1.64. The highest BCUT2D eigenvalue weighted by Crippen LogP contribution is 2.18. The summed E-state index contributed by atoms with van der Waals surface area (Å²) in [6.45, 7) is 8.05. The van der Waals surface area contributed by atoms with Gasteiger partial charge >= 0.3 is 0 Å². The average Bonchev–Trinajstić information content (AvgIpc) is 2.42. The molecule has 0 saturated carbocycles. The molecule has 1 N–H and O–H groups in total. The van der Waals surface area contributed by atoms with Crippen LogP contribution in [0.1, 0.15) is 34.0 Å². The minimum Gasteiger partial charge on any atom is -0.359 e. The average molecular weight is 279 g/mol. The first-order valence-corrected chi connectivity index (χ1v) is 7.09. The fourth-order valence-electron chi connectivity index (χ4n) is 2.20. The van der Waals surface area contributed by atoms with Gasteiger partial charge in [0.25, 0.3) is 0 Å². The summed E-state index contributed by atoms with van der Waals surface area (Å²) in [6, 6.07) is 13.8. The second kappa shape index (κ2) is 6.40. The highest BCUT2D eigenvalue weighted by molar-refractivity contribution is 6.05. The Bertz CT molecular complexity index is 681. The van der Waals surface area contributed by atoms with Crippen molar-refractivity contribution < 1.29 is 4.79 Å². The number of hydrogen-bond donors (Lipinski definition) is 1. The maximum atomic E-state index is 12.2. The van der Waals surface area contributed by atoms with Crippen LogP contribution in [0.4, 0.5) is 5.69 Å². The zero-order valence-corrected chi connectivity index (χ0v) is 13.0. The van der Waals surface area contributed by atoms with Crippen LogP contribution in [0.5, 0.6) is 0 Å². The number of anilines is 1. The highest BCUT2D eigenvalue weighted by atomic mass is 16.1. The number of benzene rings is 2. The Kier molecular flexibility index (Phi) is 4.59. The largest absolute Gasteiger partial charge is 0.359 e. The van der Waals surface area contributed by atoms with E-state index in [9.17, 15) is 4.79 Å². The smallest absolute Gasteiger partial charge is 0.187 e. The summed E-state index contributed by atoms with van der Waals surface area (Å²) in [7, 11) is 0. The van der Waals surface area contributed by atoms with Gasteiger partial charge in [0.2, 0.25) is 0 Å². The predicted octanol–water partition coefficient (Wildman–Crippen LogP) is 4.81. The van der Waals surface area contributed by atoms with Crippen molar-refractivity contribution in [1.82, 2.24) is 0 Å². The molecule has 0 aliphatic rings. The number of carbonyl (C=O) groups excluding carboxylic acids is 1. The Hall–Kier alpha value is -2.35. The van der Waals surface area contributed by atoms with Gasteiger partial charge in [0.1, 0.15) is 0 Å². The van der Waals surface area contributed by atoms with E-state index in [4.69, 9.17) is 0 Å². The van der Waals surface area contributed by atoms with E-state index in [1.54, 1.807) is 6.08 Å². The van der Waals surface area contributed by atoms with Crippen molar-refractivity contribution in [3.05, 3.63) is 76.5 Å². The Balaban J connectivity index is 2.13. The van der Waals surface area contributed by atoms with E-state index < -0.39 is 0 Å². The predicted molar refractivity (Wildman–Crippen MR) is 88.8 cm³/mol. The third-order valence-electron chi connectivity index (χ3n) is 3.40. The summed E-state index contributed by atoms with van der Waals surface area (Å²) >= 11 is 0. The molecule has 0 amide bonds. The summed E-state index contributed by atoms with van der Waals surface area (Å²) in [5.74, 6) is 0.0183. The van der Waals surface area contributed by atoms with Crippen molar-refractivity contribution in [2.24, 2.45) is 0 Å². The lowest BCUT2D eigenvalue weighted by Crippen LogP contribution is -2.02. The topological polar surface area (TPSA) is 29.1 Å². The van der Waals surface area contributed by atoms with Crippen molar-refractivity contribution in [2.45, 2.75) is 27.7 Å². The van der Waals surface area contributed by atoms with E-state index in [0.717, 1.165) is 16.9 Å². The first-order valence-electron chi connectivity index (χ1n) is 7.09. The van der Waals surface area contributed by atoms with Gasteiger partial charge in [-0.25, -0.2) is 0 Å². The molecule has 0 fully saturated rings. The van der Waals surface area contributed by atoms with Gasteiger partial charge in [0, 0.05) is 23.0 Å². The SMILES string of the molecule is C/C(=C\C(=O)c1ccc(C)cc1)Nc1ccc(C)cc1C. The number of hydrogen-bond acceptors (Lipinski definition) is 2. The van der Waals surface area contributed by atoms with Gasteiger partial charge in [0.15, 0.2) is 5.78 Å². The second-order valence-electron chi connectivity index (χ2n) is 5.50. The number of nitrogens with one attached hydrogen (secondary N) is 1. The zero-order chi connectivity index (χ0) is 15.4. The number of aryl methyl sites for hydroxylation is 3. The minimum absolute atomic E-state index is 0.0183. The maximum absolute atomic E-state index is 12.2. The van der Waals surface area contributed by atoms with Crippen LogP contribution in [0, 0.1) is 20.8 Å². The first kappa shape index (κ1) is 15.0. The van der Waals surface area contributed by atoms with Gasteiger partial charge in [-0.2, -0.15) is 0 Å².